The number of imidazole rings is 2. The summed E-state index contributed by atoms with van der Waals surface area (Å²) < 4.78 is 8.00. The Morgan fingerprint density at radius 2 is 1.28 bits per heavy atom. The third kappa shape index (κ3) is 3.54. The van der Waals surface area contributed by atoms with Gasteiger partial charge in [-0.15, -0.1) is 0 Å². The molecule has 0 aliphatic rings. The minimum absolute atomic E-state index is 0.675. The van der Waals surface area contributed by atoms with Crippen molar-refractivity contribution in [1.29, 1.82) is 0 Å². The summed E-state index contributed by atoms with van der Waals surface area (Å²) >= 11 is 0. The summed E-state index contributed by atoms with van der Waals surface area (Å²) in [5.74, 6) is 11.8. The van der Waals surface area contributed by atoms with Crippen molar-refractivity contribution in [2.75, 3.05) is 0 Å². The lowest BCUT2D eigenvalue weighted by molar-refractivity contribution is -0.671. The van der Waals surface area contributed by atoms with E-state index in [4.69, 9.17) is 0 Å². The predicted molar refractivity (Wildman–Crippen MR) is 66.8 cm³/mol. The van der Waals surface area contributed by atoms with E-state index in [9.17, 15) is 0 Å². The molecule has 0 aromatic carbocycles. The normalized spacial score (nSPS) is 9.22. The fourth-order valence-corrected chi connectivity index (χ4v) is 1.54. The Balaban J connectivity index is 1.82. The molecule has 0 radical (unpaired) electrons. The quantitative estimate of drug-likeness (QED) is 0.504. The molecule has 0 saturated carbocycles. The van der Waals surface area contributed by atoms with Crippen molar-refractivity contribution in [1.82, 2.24) is 9.13 Å². The largest absolute Gasteiger partial charge is 0.244 e. The van der Waals surface area contributed by atoms with Crippen LogP contribution in [0.3, 0.4) is 0 Å². The van der Waals surface area contributed by atoms with Crippen molar-refractivity contribution in [3.05, 3.63) is 37.4 Å². The lowest BCUT2D eigenvalue weighted by Crippen LogP contribution is -2.23. The van der Waals surface area contributed by atoms with Crippen molar-refractivity contribution >= 4 is 0 Å². The van der Waals surface area contributed by atoms with E-state index in [1.165, 1.54) is 0 Å². The molecule has 0 amide bonds. The Morgan fingerprint density at radius 1 is 0.833 bits per heavy atom. The molecule has 90 valence electrons. The number of hydrogen-bond acceptors (Lipinski definition) is 0. The molecule has 2 aromatic heterocycles. The molecule has 4 nitrogen and oxygen atoms in total. The first-order valence-corrected chi connectivity index (χ1v) is 5.72. The van der Waals surface area contributed by atoms with Crippen LogP contribution >= 0.6 is 0 Å². The first-order chi connectivity index (χ1) is 8.74. The lowest BCUT2D eigenvalue weighted by Gasteiger charge is -1.83. The van der Waals surface area contributed by atoms with Gasteiger partial charge in [0.05, 0.1) is 14.1 Å². The van der Waals surface area contributed by atoms with E-state index in [2.05, 4.69) is 23.7 Å². The van der Waals surface area contributed by atoms with E-state index < -0.39 is 0 Å². The summed E-state index contributed by atoms with van der Waals surface area (Å²) in [5.41, 5.74) is 0. The van der Waals surface area contributed by atoms with Gasteiger partial charge in [-0.05, 0) is 23.7 Å². The third-order valence-corrected chi connectivity index (χ3v) is 2.41. The van der Waals surface area contributed by atoms with Gasteiger partial charge >= 0.3 is 0 Å². The predicted octanol–water partition coefficient (Wildman–Crippen LogP) is -0.354. The van der Waals surface area contributed by atoms with E-state index in [0.29, 0.717) is 13.1 Å². The standard InChI is InChI=1S/C14H16N4/c1-15-9-11-17(13-15)7-5-3-4-6-8-18-12-10-16(2)14-18/h9-14H,7-8H2,1-2H3/q+2. The van der Waals surface area contributed by atoms with Gasteiger partial charge in [-0.3, -0.25) is 0 Å². The topological polar surface area (TPSA) is 17.6 Å². The van der Waals surface area contributed by atoms with Crippen LogP contribution in [0.25, 0.3) is 0 Å². The second-order valence-electron chi connectivity index (χ2n) is 4.11. The van der Waals surface area contributed by atoms with Gasteiger partial charge in [0.1, 0.15) is 24.8 Å². The fraction of sp³-hybridized carbons (Fsp3) is 0.286. The molecule has 4 heteroatoms. The average Bonchev–Trinajstić information content (AvgIpc) is 2.93. The highest BCUT2D eigenvalue weighted by Gasteiger charge is 1.95. The van der Waals surface area contributed by atoms with E-state index in [-0.39, 0.29) is 0 Å². The first-order valence-electron chi connectivity index (χ1n) is 5.72. The van der Waals surface area contributed by atoms with Crippen molar-refractivity contribution in [3.63, 3.8) is 0 Å². The van der Waals surface area contributed by atoms with Crippen LogP contribution in [-0.4, -0.2) is 9.13 Å². The van der Waals surface area contributed by atoms with Gasteiger partial charge < -0.3 is 0 Å². The molecule has 2 aromatic rings. The number of aromatic nitrogens is 4. The minimum Gasteiger partial charge on any atom is -0.240 e. The van der Waals surface area contributed by atoms with Gasteiger partial charge in [0.25, 0.3) is 0 Å². The van der Waals surface area contributed by atoms with E-state index in [0.717, 1.165) is 0 Å². The van der Waals surface area contributed by atoms with E-state index >= 15 is 0 Å². The first kappa shape index (κ1) is 12.0. The van der Waals surface area contributed by atoms with E-state index in [1.807, 2.05) is 69.8 Å². The van der Waals surface area contributed by atoms with Crippen molar-refractivity contribution in [2.24, 2.45) is 14.1 Å². The molecular weight excluding hydrogens is 224 g/mol. The van der Waals surface area contributed by atoms with Gasteiger partial charge in [-0.2, -0.15) is 0 Å². The Hall–Kier alpha value is -2.46. The second kappa shape index (κ2) is 5.75. The van der Waals surface area contributed by atoms with E-state index in [1.54, 1.807) is 0 Å². The number of nitrogens with zero attached hydrogens (tertiary/aromatic N) is 4. The van der Waals surface area contributed by atoms with Crippen molar-refractivity contribution in [3.8, 4) is 23.7 Å². The lowest BCUT2D eigenvalue weighted by atomic mass is 10.5. The highest BCUT2D eigenvalue weighted by atomic mass is 15.1. The van der Waals surface area contributed by atoms with Gasteiger partial charge in [0, 0.05) is 0 Å². The number of rotatable bonds is 2. The number of aryl methyl sites for hydroxylation is 2. The van der Waals surface area contributed by atoms with Crippen LogP contribution in [0, 0.1) is 23.7 Å². The molecule has 18 heavy (non-hydrogen) atoms. The molecule has 2 heterocycles. The second-order valence-corrected chi connectivity index (χ2v) is 4.11. The van der Waals surface area contributed by atoms with Gasteiger partial charge in [-0.25, -0.2) is 18.3 Å². The molecule has 0 fully saturated rings. The molecular formula is C14H16N4+2. The molecule has 2 rings (SSSR count). The monoisotopic (exact) mass is 240 g/mol. The highest BCUT2D eigenvalue weighted by molar-refractivity contribution is 5.25. The highest BCUT2D eigenvalue weighted by Crippen LogP contribution is 1.82. The van der Waals surface area contributed by atoms with Crippen LogP contribution in [0.4, 0.5) is 0 Å². The van der Waals surface area contributed by atoms with Gasteiger partial charge in [-0.1, -0.05) is 0 Å². The minimum atomic E-state index is 0.675. The SMILES string of the molecule is C[n+]1ccn(CC#CC#CCn2cc[n+](C)c2)c1. The zero-order valence-corrected chi connectivity index (χ0v) is 10.7. The van der Waals surface area contributed by atoms with Crippen LogP contribution in [0.1, 0.15) is 0 Å². The van der Waals surface area contributed by atoms with Crippen molar-refractivity contribution < 1.29 is 9.13 Å². The van der Waals surface area contributed by atoms with Crippen LogP contribution < -0.4 is 9.13 Å². The summed E-state index contributed by atoms with van der Waals surface area (Å²) in [6.07, 6.45) is 11.9. The Bertz CT molecular complexity index is 582. The summed E-state index contributed by atoms with van der Waals surface area (Å²) in [5, 5.41) is 0. The summed E-state index contributed by atoms with van der Waals surface area (Å²) in [7, 11) is 3.97. The summed E-state index contributed by atoms with van der Waals surface area (Å²) in [4.78, 5) is 0. The maximum absolute atomic E-state index is 3.02. The number of hydrogen-bond donors (Lipinski definition) is 0. The third-order valence-electron chi connectivity index (χ3n) is 2.41. The Morgan fingerprint density at radius 3 is 1.61 bits per heavy atom. The average molecular weight is 240 g/mol. The van der Waals surface area contributed by atoms with Crippen molar-refractivity contribution in [2.45, 2.75) is 13.1 Å². The zero-order chi connectivity index (χ0) is 12.8. The van der Waals surface area contributed by atoms with Crippen LogP contribution in [0.5, 0.6) is 0 Å². The fourth-order valence-electron chi connectivity index (χ4n) is 1.54. The molecule has 0 aliphatic carbocycles. The van der Waals surface area contributed by atoms with Crippen LogP contribution in [0.2, 0.25) is 0 Å². The van der Waals surface area contributed by atoms with Gasteiger partial charge in [0.15, 0.2) is 13.1 Å². The molecule has 0 bridgehead atoms. The molecule has 0 atom stereocenters. The molecule has 0 aliphatic heterocycles. The van der Waals surface area contributed by atoms with Crippen LogP contribution in [0.15, 0.2) is 37.4 Å². The summed E-state index contributed by atoms with van der Waals surface area (Å²) in [6, 6.07) is 0. The Kier molecular flexibility index (Phi) is 3.83. The summed E-state index contributed by atoms with van der Waals surface area (Å²) in [6.45, 7) is 1.35. The Labute approximate surface area is 107 Å². The smallest absolute Gasteiger partial charge is 0.240 e. The van der Waals surface area contributed by atoms with Gasteiger partial charge in [0.2, 0.25) is 12.7 Å². The molecule has 0 saturated heterocycles. The maximum Gasteiger partial charge on any atom is 0.244 e. The molecule has 0 N–H and O–H groups in total. The molecule has 0 unspecified atom stereocenters. The maximum atomic E-state index is 3.02. The van der Waals surface area contributed by atoms with Crippen LogP contribution in [-0.2, 0) is 27.2 Å². The zero-order valence-electron chi connectivity index (χ0n) is 10.7. The molecule has 0 spiro atoms.